The third-order valence-corrected chi connectivity index (χ3v) is 8.61. The van der Waals surface area contributed by atoms with Crippen molar-refractivity contribution in [3.63, 3.8) is 0 Å². The highest BCUT2D eigenvalue weighted by atomic mass is 16.7. The Hall–Kier alpha value is -4.59. The van der Waals surface area contributed by atoms with Crippen LogP contribution in [-0.2, 0) is 40.5 Å². The number of nitrogens with one attached hydrogen (secondary N) is 1. The molecule has 0 saturated carbocycles. The molecule has 0 aliphatic carbocycles. The Kier molecular flexibility index (Phi) is 10.9. The number of carbonyl (C=O) groups is 1. The van der Waals surface area contributed by atoms with Crippen LogP contribution in [0.1, 0.15) is 59.1 Å². The van der Waals surface area contributed by atoms with E-state index in [-0.39, 0.29) is 24.7 Å². The quantitative estimate of drug-likeness (QED) is 0.148. The summed E-state index contributed by atoms with van der Waals surface area (Å²) in [5.41, 5.74) is 8.62. The van der Waals surface area contributed by atoms with Crippen molar-refractivity contribution in [2.24, 2.45) is 0 Å². The average molecular weight is 627 g/mol. The molecule has 1 fully saturated rings. The molecule has 6 heteroatoms. The predicted octanol–water partition coefficient (Wildman–Crippen LogP) is 7.73. The first-order valence-electron chi connectivity index (χ1n) is 16.3. The standard InChI is InChI=1S/C41H42N2O4/c1-30(45)42-25-37-14-8-9-15-39(37)34-20-22-36(23-21-34)41-46-38(24-40(47-41)35-18-16-33(29-44)17-19-35)28-43(26-31-10-4-2-5-11-31)27-32-12-6-3-7-13-32/h2-23,38,40-41,44H,24-29H2,1H3,(H,42,45)/t38-,40+,41+/m1/s1. The van der Waals surface area contributed by atoms with Crippen molar-refractivity contribution >= 4 is 5.91 Å². The summed E-state index contributed by atoms with van der Waals surface area (Å²) in [4.78, 5) is 14.0. The van der Waals surface area contributed by atoms with E-state index in [1.165, 1.54) is 18.1 Å². The summed E-state index contributed by atoms with van der Waals surface area (Å²) in [5, 5.41) is 12.5. The first kappa shape index (κ1) is 32.4. The van der Waals surface area contributed by atoms with Gasteiger partial charge in [-0.2, -0.15) is 0 Å². The highest BCUT2D eigenvalue weighted by molar-refractivity contribution is 5.74. The van der Waals surface area contributed by atoms with Gasteiger partial charge in [0.15, 0.2) is 6.29 Å². The SMILES string of the molecule is CC(=O)NCc1ccccc1-c1ccc([C@H]2O[C@@H](CN(Cc3ccccc3)Cc3ccccc3)C[C@@H](c3ccc(CO)cc3)O2)cc1. The van der Waals surface area contributed by atoms with Crippen molar-refractivity contribution in [3.8, 4) is 11.1 Å². The second-order valence-corrected chi connectivity index (χ2v) is 12.2. The van der Waals surface area contributed by atoms with Crippen LogP contribution in [0.5, 0.6) is 0 Å². The number of carbonyl (C=O) groups excluding carboxylic acids is 1. The van der Waals surface area contributed by atoms with Crippen LogP contribution < -0.4 is 5.32 Å². The van der Waals surface area contributed by atoms with Gasteiger partial charge in [-0.15, -0.1) is 0 Å². The number of hydrogen-bond acceptors (Lipinski definition) is 5. The molecule has 6 rings (SSSR count). The lowest BCUT2D eigenvalue weighted by Crippen LogP contribution is -2.39. The number of aliphatic hydroxyl groups excluding tert-OH is 1. The third-order valence-electron chi connectivity index (χ3n) is 8.61. The first-order chi connectivity index (χ1) is 23.0. The Labute approximate surface area is 277 Å². The minimum atomic E-state index is -0.546. The first-order valence-corrected chi connectivity index (χ1v) is 16.3. The number of hydrogen-bond donors (Lipinski definition) is 2. The second kappa shape index (κ2) is 15.8. The maximum Gasteiger partial charge on any atom is 0.217 e. The van der Waals surface area contributed by atoms with Gasteiger partial charge >= 0.3 is 0 Å². The van der Waals surface area contributed by atoms with Crippen molar-refractivity contribution in [1.29, 1.82) is 0 Å². The Morgan fingerprint density at radius 2 is 1.32 bits per heavy atom. The van der Waals surface area contributed by atoms with Crippen LogP contribution >= 0.6 is 0 Å². The number of rotatable bonds is 12. The molecule has 3 atom stereocenters. The molecule has 0 radical (unpaired) electrons. The van der Waals surface area contributed by atoms with Gasteiger partial charge in [-0.05, 0) is 38.9 Å². The Morgan fingerprint density at radius 3 is 1.94 bits per heavy atom. The molecule has 5 aromatic carbocycles. The fourth-order valence-electron chi connectivity index (χ4n) is 6.18. The van der Waals surface area contributed by atoms with Gasteiger partial charge in [0.1, 0.15) is 0 Å². The summed E-state index contributed by atoms with van der Waals surface area (Å²) < 4.78 is 13.4. The van der Waals surface area contributed by atoms with Crippen LogP contribution in [0.2, 0.25) is 0 Å². The molecule has 0 aromatic heterocycles. The Bertz CT molecular complexity index is 1670. The highest BCUT2D eigenvalue weighted by Crippen LogP contribution is 2.39. The number of amides is 1. The smallest absolute Gasteiger partial charge is 0.217 e. The van der Waals surface area contributed by atoms with E-state index in [0.29, 0.717) is 13.0 Å². The number of benzene rings is 5. The van der Waals surface area contributed by atoms with E-state index in [4.69, 9.17) is 9.47 Å². The molecule has 1 saturated heterocycles. The number of aliphatic hydroxyl groups is 1. The zero-order chi connectivity index (χ0) is 32.4. The molecule has 6 nitrogen and oxygen atoms in total. The maximum atomic E-state index is 11.6. The molecule has 0 bridgehead atoms. The fourth-order valence-corrected chi connectivity index (χ4v) is 6.18. The van der Waals surface area contributed by atoms with Crippen LogP contribution in [0.25, 0.3) is 11.1 Å². The summed E-state index contributed by atoms with van der Waals surface area (Å²) in [5.74, 6) is -0.0528. The van der Waals surface area contributed by atoms with E-state index in [0.717, 1.165) is 53.0 Å². The van der Waals surface area contributed by atoms with Gasteiger partial charge in [0, 0.05) is 45.1 Å². The van der Waals surface area contributed by atoms with Crippen molar-refractivity contribution in [1.82, 2.24) is 10.2 Å². The van der Waals surface area contributed by atoms with Gasteiger partial charge in [0.05, 0.1) is 18.8 Å². The minimum absolute atomic E-state index is 0.00832. The summed E-state index contributed by atoms with van der Waals surface area (Å²) in [7, 11) is 0. The van der Waals surface area contributed by atoms with Crippen molar-refractivity contribution in [3.05, 3.63) is 167 Å². The fraction of sp³-hybridized carbons (Fsp3) is 0.244. The van der Waals surface area contributed by atoms with E-state index in [9.17, 15) is 9.90 Å². The van der Waals surface area contributed by atoms with Gasteiger partial charge in [-0.3, -0.25) is 9.69 Å². The molecular weight excluding hydrogens is 584 g/mol. The van der Waals surface area contributed by atoms with Gasteiger partial charge in [0.25, 0.3) is 0 Å². The summed E-state index contributed by atoms with van der Waals surface area (Å²) >= 11 is 0. The third kappa shape index (κ3) is 8.82. The topological polar surface area (TPSA) is 71.0 Å². The molecule has 0 spiro atoms. The van der Waals surface area contributed by atoms with Crippen LogP contribution in [0.3, 0.4) is 0 Å². The van der Waals surface area contributed by atoms with Gasteiger partial charge in [0.2, 0.25) is 5.91 Å². The Balaban J connectivity index is 1.26. The molecule has 240 valence electrons. The molecule has 47 heavy (non-hydrogen) atoms. The molecule has 5 aromatic rings. The lowest BCUT2D eigenvalue weighted by Gasteiger charge is -2.38. The maximum absolute atomic E-state index is 11.6. The summed E-state index contributed by atoms with van der Waals surface area (Å²) in [6, 6.07) is 45.7. The largest absolute Gasteiger partial charge is 0.392 e. The van der Waals surface area contributed by atoms with Crippen LogP contribution in [0.4, 0.5) is 0 Å². The van der Waals surface area contributed by atoms with Crippen LogP contribution in [0, 0.1) is 0 Å². The zero-order valence-electron chi connectivity index (χ0n) is 26.8. The molecule has 2 N–H and O–H groups in total. The average Bonchev–Trinajstić information content (AvgIpc) is 3.11. The molecule has 1 aliphatic rings. The lowest BCUT2D eigenvalue weighted by atomic mass is 9.97. The summed E-state index contributed by atoms with van der Waals surface area (Å²) in [6.45, 7) is 4.37. The molecule has 1 heterocycles. The second-order valence-electron chi connectivity index (χ2n) is 12.2. The van der Waals surface area contributed by atoms with E-state index >= 15 is 0 Å². The predicted molar refractivity (Wildman–Crippen MR) is 185 cm³/mol. The lowest BCUT2D eigenvalue weighted by molar-refractivity contribution is -0.253. The highest BCUT2D eigenvalue weighted by Gasteiger charge is 2.33. The number of nitrogens with zero attached hydrogens (tertiary/aromatic N) is 1. The summed E-state index contributed by atoms with van der Waals surface area (Å²) in [6.07, 6.45) is -0.0826. The molecule has 0 unspecified atom stereocenters. The van der Waals surface area contributed by atoms with Gasteiger partial charge in [-0.1, -0.05) is 133 Å². The van der Waals surface area contributed by atoms with Crippen LogP contribution in [-0.4, -0.2) is 28.6 Å². The van der Waals surface area contributed by atoms with E-state index in [2.05, 4.69) is 113 Å². The minimum Gasteiger partial charge on any atom is -0.392 e. The van der Waals surface area contributed by atoms with E-state index in [1.807, 2.05) is 30.3 Å². The zero-order valence-corrected chi connectivity index (χ0v) is 26.8. The van der Waals surface area contributed by atoms with Crippen molar-refractivity contribution in [2.45, 2.75) is 58.1 Å². The Morgan fingerprint density at radius 1 is 0.723 bits per heavy atom. The molecular formula is C41H42N2O4. The normalized spacial score (nSPS) is 17.8. The monoisotopic (exact) mass is 626 g/mol. The van der Waals surface area contributed by atoms with E-state index < -0.39 is 6.29 Å². The van der Waals surface area contributed by atoms with Gasteiger partial charge in [-0.25, -0.2) is 0 Å². The van der Waals surface area contributed by atoms with E-state index in [1.54, 1.807) is 0 Å². The van der Waals surface area contributed by atoms with Gasteiger partial charge < -0.3 is 19.9 Å². The molecule has 1 aliphatic heterocycles. The number of ether oxygens (including phenoxy) is 2. The van der Waals surface area contributed by atoms with Crippen LogP contribution in [0.15, 0.2) is 133 Å². The van der Waals surface area contributed by atoms with Crippen molar-refractivity contribution < 1.29 is 19.4 Å². The van der Waals surface area contributed by atoms with Crippen molar-refractivity contribution in [2.75, 3.05) is 6.54 Å². The molecule has 1 amide bonds.